The summed E-state index contributed by atoms with van der Waals surface area (Å²) in [6.45, 7) is 3.40. The van der Waals surface area contributed by atoms with Crippen LogP contribution in [0.15, 0.2) is 12.1 Å². The van der Waals surface area contributed by atoms with E-state index in [2.05, 4.69) is 12.6 Å². The molecule has 0 saturated heterocycles. The molecular formula is C12H17NO4S. The number of aliphatic hydroxyl groups is 2. The van der Waals surface area contributed by atoms with Crippen LogP contribution in [0.25, 0.3) is 0 Å². The van der Waals surface area contributed by atoms with Gasteiger partial charge in [0.15, 0.2) is 0 Å². The number of nitro benzene ring substituents is 1. The third-order valence-corrected chi connectivity index (χ3v) is 3.15. The molecular weight excluding hydrogens is 254 g/mol. The van der Waals surface area contributed by atoms with E-state index in [1.54, 1.807) is 19.9 Å². The lowest BCUT2D eigenvalue weighted by Gasteiger charge is -2.19. The Morgan fingerprint density at radius 3 is 2.44 bits per heavy atom. The Kier molecular flexibility index (Phi) is 5.13. The summed E-state index contributed by atoms with van der Waals surface area (Å²) in [5, 5.41) is 30.6. The Bertz CT molecular complexity index is 450. The highest BCUT2D eigenvalue weighted by Gasteiger charge is 2.23. The van der Waals surface area contributed by atoms with Gasteiger partial charge >= 0.3 is 0 Å². The van der Waals surface area contributed by atoms with Crippen molar-refractivity contribution in [2.24, 2.45) is 0 Å². The summed E-state index contributed by atoms with van der Waals surface area (Å²) in [6, 6.07) is 2.97. The number of hydrogen-bond acceptors (Lipinski definition) is 5. The predicted octanol–water partition coefficient (Wildman–Crippen LogP) is 1.93. The van der Waals surface area contributed by atoms with Gasteiger partial charge in [-0.25, -0.2) is 0 Å². The average molecular weight is 271 g/mol. The highest BCUT2D eigenvalue weighted by atomic mass is 32.1. The third kappa shape index (κ3) is 3.22. The van der Waals surface area contributed by atoms with Crippen LogP contribution in [0.3, 0.4) is 0 Å². The molecule has 0 spiro atoms. The van der Waals surface area contributed by atoms with Crippen LogP contribution in [0.2, 0.25) is 0 Å². The Balaban J connectivity index is 3.15. The number of benzene rings is 1. The summed E-state index contributed by atoms with van der Waals surface area (Å²) in [4.78, 5) is 10.4. The zero-order chi connectivity index (χ0) is 13.9. The van der Waals surface area contributed by atoms with Crippen molar-refractivity contribution in [2.75, 3.05) is 5.75 Å². The van der Waals surface area contributed by atoms with E-state index in [4.69, 9.17) is 0 Å². The fraction of sp³-hybridized carbons (Fsp3) is 0.500. The molecule has 5 nitrogen and oxygen atoms in total. The lowest BCUT2D eigenvalue weighted by Crippen LogP contribution is -2.19. The summed E-state index contributed by atoms with van der Waals surface area (Å²) in [6.07, 6.45) is -1.77. The van der Waals surface area contributed by atoms with E-state index in [0.29, 0.717) is 23.3 Å². The fourth-order valence-corrected chi connectivity index (χ4v) is 2.13. The number of thiol groups is 1. The molecule has 1 aromatic rings. The number of hydrogen-bond donors (Lipinski definition) is 3. The number of aliphatic hydroxyl groups excluding tert-OH is 2. The second-order valence-corrected chi connectivity index (χ2v) is 4.72. The molecule has 18 heavy (non-hydrogen) atoms. The van der Waals surface area contributed by atoms with Crippen LogP contribution in [0, 0.1) is 24.0 Å². The number of nitro groups is 1. The van der Waals surface area contributed by atoms with Gasteiger partial charge in [-0.05, 0) is 43.2 Å². The number of nitrogens with zero attached hydrogens (tertiary/aromatic N) is 1. The zero-order valence-corrected chi connectivity index (χ0v) is 11.2. The molecule has 0 aliphatic rings. The molecule has 0 aliphatic carbocycles. The molecule has 0 fully saturated rings. The van der Waals surface area contributed by atoms with Crippen LogP contribution in [-0.4, -0.2) is 27.0 Å². The first-order chi connectivity index (χ1) is 8.38. The lowest BCUT2D eigenvalue weighted by molar-refractivity contribution is -0.385. The Labute approximate surface area is 111 Å². The summed E-state index contributed by atoms with van der Waals surface area (Å²) in [7, 11) is 0. The monoisotopic (exact) mass is 271 g/mol. The SMILES string of the molecule is Cc1cc(C)c([N+](=O)[O-])cc1C(O)C(O)CCS. The largest absolute Gasteiger partial charge is 0.390 e. The Hall–Kier alpha value is -1.11. The summed E-state index contributed by atoms with van der Waals surface area (Å²) in [5.74, 6) is 0.436. The van der Waals surface area contributed by atoms with E-state index < -0.39 is 17.1 Å². The molecule has 2 unspecified atom stereocenters. The Morgan fingerprint density at radius 1 is 1.33 bits per heavy atom. The van der Waals surface area contributed by atoms with Gasteiger partial charge in [0.05, 0.1) is 11.0 Å². The van der Waals surface area contributed by atoms with E-state index >= 15 is 0 Å². The molecule has 0 heterocycles. The minimum Gasteiger partial charge on any atom is -0.390 e. The van der Waals surface area contributed by atoms with Gasteiger partial charge in [0.2, 0.25) is 0 Å². The van der Waals surface area contributed by atoms with Crippen molar-refractivity contribution >= 4 is 18.3 Å². The second-order valence-electron chi connectivity index (χ2n) is 4.28. The quantitative estimate of drug-likeness (QED) is 0.434. The molecule has 0 saturated carbocycles. The normalized spacial score (nSPS) is 14.3. The van der Waals surface area contributed by atoms with Gasteiger partial charge in [-0.2, -0.15) is 12.6 Å². The predicted molar refractivity (Wildman–Crippen MR) is 72.0 cm³/mol. The zero-order valence-electron chi connectivity index (χ0n) is 10.3. The van der Waals surface area contributed by atoms with Crippen LogP contribution in [-0.2, 0) is 0 Å². The van der Waals surface area contributed by atoms with E-state index in [1.165, 1.54) is 6.07 Å². The molecule has 0 amide bonds. The van der Waals surface area contributed by atoms with E-state index in [1.807, 2.05) is 0 Å². The van der Waals surface area contributed by atoms with Crippen molar-refractivity contribution in [3.05, 3.63) is 38.9 Å². The average Bonchev–Trinajstić information content (AvgIpc) is 2.28. The van der Waals surface area contributed by atoms with Crippen LogP contribution < -0.4 is 0 Å². The first-order valence-electron chi connectivity index (χ1n) is 5.61. The van der Waals surface area contributed by atoms with Crippen molar-refractivity contribution in [2.45, 2.75) is 32.5 Å². The first kappa shape index (κ1) is 14.9. The van der Waals surface area contributed by atoms with Crippen molar-refractivity contribution in [1.29, 1.82) is 0 Å². The van der Waals surface area contributed by atoms with Crippen molar-refractivity contribution in [1.82, 2.24) is 0 Å². The molecule has 2 atom stereocenters. The van der Waals surface area contributed by atoms with E-state index in [-0.39, 0.29) is 5.69 Å². The molecule has 100 valence electrons. The van der Waals surface area contributed by atoms with Crippen LogP contribution in [0.4, 0.5) is 5.69 Å². The van der Waals surface area contributed by atoms with Gasteiger partial charge in [-0.15, -0.1) is 0 Å². The molecule has 0 bridgehead atoms. The van der Waals surface area contributed by atoms with Crippen molar-refractivity contribution < 1.29 is 15.1 Å². The van der Waals surface area contributed by atoms with Crippen LogP contribution >= 0.6 is 12.6 Å². The number of rotatable bonds is 5. The maximum absolute atomic E-state index is 10.9. The van der Waals surface area contributed by atoms with Gasteiger partial charge in [0.25, 0.3) is 5.69 Å². The summed E-state index contributed by atoms with van der Waals surface area (Å²) in [5.41, 5.74) is 1.61. The molecule has 0 aliphatic heterocycles. The number of aryl methyl sites for hydroxylation is 2. The summed E-state index contributed by atoms with van der Waals surface area (Å²) < 4.78 is 0. The maximum Gasteiger partial charge on any atom is 0.272 e. The highest BCUT2D eigenvalue weighted by molar-refractivity contribution is 7.80. The van der Waals surface area contributed by atoms with Crippen molar-refractivity contribution in [3.63, 3.8) is 0 Å². The molecule has 0 radical (unpaired) electrons. The van der Waals surface area contributed by atoms with E-state index in [9.17, 15) is 20.3 Å². The van der Waals surface area contributed by atoms with Crippen LogP contribution in [0.1, 0.15) is 29.2 Å². The molecule has 2 N–H and O–H groups in total. The second kappa shape index (κ2) is 6.17. The van der Waals surface area contributed by atoms with Gasteiger partial charge in [-0.3, -0.25) is 10.1 Å². The van der Waals surface area contributed by atoms with Crippen molar-refractivity contribution in [3.8, 4) is 0 Å². The standard InChI is InChI=1S/C12H17NO4S/c1-7-5-8(2)10(13(16)17)6-9(7)12(15)11(14)3-4-18/h5-6,11-12,14-15,18H,3-4H2,1-2H3. The third-order valence-electron chi connectivity index (χ3n) is 2.89. The van der Waals surface area contributed by atoms with Crippen LogP contribution in [0.5, 0.6) is 0 Å². The molecule has 1 aromatic carbocycles. The highest BCUT2D eigenvalue weighted by Crippen LogP contribution is 2.29. The van der Waals surface area contributed by atoms with Gasteiger partial charge in [0.1, 0.15) is 6.10 Å². The lowest BCUT2D eigenvalue weighted by atomic mass is 9.95. The maximum atomic E-state index is 10.9. The Morgan fingerprint density at radius 2 is 1.94 bits per heavy atom. The van der Waals surface area contributed by atoms with Gasteiger partial charge in [0, 0.05) is 11.6 Å². The van der Waals surface area contributed by atoms with Gasteiger partial charge in [-0.1, -0.05) is 0 Å². The fourth-order valence-electron chi connectivity index (χ4n) is 1.87. The molecule has 1 rings (SSSR count). The molecule has 6 heteroatoms. The molecule has 0 aromatic heterocycles. The van der Waals surface area contributed by atoms with E-state index in [0.717, 1.165) is 5.56 Å². The first-order valence-corrected chi connectivity index (χ1v) is 6.24. The minimum absolute atomic E-state index is 0.0484. The smallest absolute Gasteiger partial charge is 0.272 e. The minimum atomic E-state index is -1.13. The van der Waals surface area contributed by atoms with Gasteiger partial charge < -0.3 is 10.2 Å². The topological polar surface area (TPSA) is 83.6 Å². The summed E-state index contributed by atoms with van der Waals surface area (Å²) >= 11 is 3.98.